The standard InChI is InChI=1S/C19H19FN2O2S/c1-24-12-17(23)21-10-11-25-19-15-4-2-3-5-16(15)22-18(19)13-6-8-14(20)9-7-13/h2-9,22H,10-12H2,1H3,(H,21,23). The van der Waals surface area contributed by atoms with Crippen molar-refractivity contribution in [3.63, 3.8) is 0 Å². The van der Waals surface area contributed by atoms with E-state index in [-0.39, 0.29) is 18.3 Å². The third kappa shape index (κ3) is 4.21. The van der Waals surface area contributed by atoms with Crippen LogP contribution in [0.25, 0.3) is 22.2 Å². The Kier molecular flexibility index (Phi) is 5.73. The van der Waals surface area contributed by atoms with Crippen LogP contribution < -0.4 is 5.32 Å². The number of ether oxygens (including phenoxy) is 1. The maximum atomic E-state index is 13.2. The second kappa shape index (κ2) is 8.18. The van der Waals surface area contributed by atoms with Crippen molar-refractivity contribution in [2.45, 2.75) is 4.90 Å². The second-order valence-corrected chi connectivity index (χ2v) is 6.62. The molecule has 6 heteroatoms. The third-order valence-electron chi connectivity index (χ3n) is 3.74. The average Bonchev–Trinajstić information content (AvgIpc) is 2.98. The zero-order chi connectivity index (χ0) is 17.6. The summed E-state index contributed by atoms with van der Waals surface area (Å²) in [4.78, 5) is 16.0. The van der Waals surface area contributed by atoms with E-state index in [1.165, 1.54) is 19.2 Å². The number of H-pyrrole nitrogens is 1. The molecule has 0 radical (unpaired) electrons. The number of amides is 1. The van der Waals surface area contributed by atoms with Crippen molar-refractivity contribution in [3.8, 4) is 11.3 Å². The maximum absolute atomic E-state index is 13.2. The molecule has 2 aromatic carbocycles. The highest BCUT2D eigenvalue weighted by Crippen LogP contribution is 2.37. The van der Waals surface area contributed by atoms with Crippen molar-refractivity contribution in [3.05, 3.63) is 54.3 Å². The van der Waals surface area contributed by atoms with Gasteiger partial charge in [-0.15, -0.1) is 11.8 Å². The van der Waals surface area contributed by atoms with Crippen LogP contribution in [0.1, 0.15) is 0 Å². The molecule has 0 saturated carbocycles. The molecule has 4 nitrogen and oxygen atoms in total. The molecule has 0 aliphatic rings. The topological polar surface area (TPSA) is 54.1 Å². The van der Waals surface area contributed by atoms with Gasteiger partial charge in [0.2, 0.25) is 5.91 Å². The molecule has 25 heavy (non-hydrogen) atoms. The first-order valence-electron chi connectivity index (χ1n) is 7.94. The van der Waals surface area contributed by atoms with Crippen LogP contribution >= 0.6 is 11.8 Å². The highest BCUT2D eigenvalue weighted by atomic mass is 32.2. The number of hydrogen-bond acceptors (Lipinski definition) is 3. The summed E-state index contributed by atoms with van der Waals surface area (Å²) in [6.45, 7) is 0.619. The third-order valence-corrected chi connectivity index (χ3v) is 4.86. The summed E-state index contributed by atoms with van der Waals surface area (Å²) in [6.07, 6.45) is 0. The summed E-state index contributed by atoms with van der Waals surface area (Å²) in [7, 11) is 1.50. The number of carbonyl (C=O) groups excluding carboxylic acids is 1. The fraction of sp³-hybridized carbons (Fsp3) is 0.211. The SMILES string of the molecule is COCC(=O)NCCSc1c(-c2ccc(F)cc2)[nH]c2ccccc12. The predicted octanol–water partition coefficient (Wildman–Crippen LogP) is 3.83. The van der Waals surface area contributed by atoms with Crippen LogP contribution in [0.15, 0.2) is 53.4 Å². The Bertz CT molecular complexity index is 861. The smallest absolute Gasteiger partial charge is 0.246 e. The summed E-state index contributed by atoms with van der Waals surface area (Å²) in [5, 5.41) is 3.94. The van der Waals surface area contributed by atoms with E-state index in [0.717, 1.165) is 32.8 Å². The van der Waals surface area contributed by atoms with Gasteiger partial charge in [-0.1, -0.05) is 18.2 Å². The van der Waals surface area contributed by atoms with E-state index in [9.17, 15) is 9.18 Å². The number of thioether (sulfide) groups is 1. The van der Waals surface area contributed by atoms with Crippen LogP contribution in [0.5, 0.6) is 0 Å². The molecular weight excluding hydrogens is 339 g/mol. The zero-order valence-corrected chi connectivity index (χ0v) is 14.7. The van der Waals surface area contributed by atoms with Gasteiger partial charge in [-0.3, -0.25) is 4.79 Å². The zero-order valence-electron chi connectivity index (χ0n) is 13.8. The van der Waals surface area contributed by atoms with Gasteiger partial charge >= 0.3 is 0 Å². The lowest BCUT2D eigenvalue weighted by molar-refractivity contribution is -0.124. The largest absolute Gasteiger partial charge is 0.375 e. The number of halogens is 1. The Morgan fingerprint density at radius 2 is 1.96 bits per heavy atom. The van der Waals surface area contributed by atoms with Gasteiger partial charge in [0.15, 0.2) is 0 Å². The molecule has 0 spiro atoms. The maximum Gasteiger partial charge on any atom is 0.246 e. The number of fused-ring (bicyclic) bond motifs is 1. The highest BCUT2D eigenvalue weighted by molar-refractivity contribution is 7.99. The van der Waals surface area contributed by atoms with Crippen LogP contribution in [0.2, 0.25) is 0 Å². The molecular formula is C19H19FN2O2S. The number of nitrogens with one attached hydrogen (secondary N) is 2. The van der Waals surface area contributed by atoms with E-state index in [1.54, 1.807) is 23.9 Å². The number of aromatic nitrogens is 1. The van der Waals surface area contributed by atoms with Gasteiger partial charge < -0.3 is 15.0 Å². The Labute approximate surface area is 149 Å². The van der Waals surface area contributed by atoms with Gasteiger partial charge in [-0.05, 0) is 35.9 Å². The van der Waals surface area contributed by atoms with E-state index >= 15 is 0 Å². The van der Waals surface area contributed by atoms with Crippen molar-refractivity contribution < 1.29 is 13.9 Å². The predicted molar refractivity (Wildman–Crippen MR) is 99.3 cm³/mol. The minimum absolute atomic E-state index is 0.0680. The van der Waals surface area contributed by atoms with Crippen molar-refractivity contribution in [2.75, 3.05) is 26.0 Å². The number of methoxy groups -OCH3 is 1. The molecule has 0 aliphatic carbocycles. The minimum atomic E-state index is -0.255. The lowest BCUT2D eigenvalue weighted by Crippen LogP contribution is -2.29. The first-order valence-corrected chi connectivity index (χ1v) is 8.92. The van der Waals surface area contributed by atoms with Crippen LogP contribution in [-0.4, -0.2) is 36.9 Å². The summed E-state index contributed by atoms with van der Waals surface area (Å²) in [6, 6.07) is 14.5. The van der Waals surface area contributed by atoms with Gasteiger partial charge in [0.05, 0.1) is 5.69 Å². The van der Waals surface area contributed by atoms with Crippen molar-refractivity contribution >= 4 is 28.6 Å². The molecule has 1 aromatic heterocycles. The molecule has 1 amide bonds. The molecule has 3 rings (SSSR count). The highest BCUT2D eigenvalue weighted by Gasteiger charge is 2.13. The Morgan fingerprint density at radius 1 is 1.20 bits per heavy atom. The first-order chi connectivity index (χ1) is 12.2. The number of hydrogen-bond donors (Lipinski definition) is 2. The summed E-state index contributed by atoms with van der Waals surface area (Å²) >= 11 is 1.66. The van der Waals surface area contributed by atoms with Crippen LogP contribution in [0.4, 0.5) is 4.39 Å². The molecule has 0 saturated heterocycles. The second-order valence-electron chi connectivity index (χ2n) is 5.51. The number of carbonyl (C=O) groups is 1. The van der Waals surface area contributed by atoms with Crippen LogP contribution in [0.3, 0.4) is 0 Å². The molecule has 0 aliphatic heterocycles. The molecule has 0 atom stereocenters. The molecule has 0 fully saturated rings. The van der Waals surface area contributed by atoms with Crippen molar-refractivity contribution in [2.24, 2.45) is 0 Å². The van der Waals surface area contributed by atoms with Gasteiger partial charge in [0.1, 0.15) is 12.4 Å². The molecule has 0 unspecified atom stereocenters. The summed E-state index contributed by atoms with van der Waals surface area (Å²) in [5.41, 5.74) is 2.94. The fourth-order valence-electron chi connectivity index (χ4n) is 2.61. The van der Waals surface area contributed by atoms with Gasteiger partial charge in [-0.2, -0.15) is 0 Å². The minimum Gasteiger partial charge on any atom is -0.375 e. The Morgan fingerprint density at radius 3 is 2.72 bits per heavy atom. The molecule has 130 valence electrons. The van der Waals surface area contributed by atoms with Crippen LogP contribution in [0, 0.1) is 5.82 Å². The van der Waals surface area contributed by atoms with Crippen LogP contribution in [-0.2, 0) is 9.53 Å². The first kappa shape index (κ1) is 17.5. The number of rotatable bonds is 7. The van der Waals surface area contributed by atoms with E-state index in [0.29, 0.717) is 6.54 Å². The van der Waals surface area contributed by atoms with Gasteiger partial charge in [0, 0.05) is 35.2 Å². The Hall–Kier alpha value is -2.31. The molecule has 2 N–H and O–H groups in total. The van der Waals surface area contributed by atoms with Crippen molar-refractivity contribution in [1.29, 1.82) is 0 Å². The van der Waals surface area contributed by atoms with E-state index in [4.69, 9.17) is 4.74 Å². The quantitative estimate of drug-likeness (QED) is 0.499. The monoisotopic (exact) mass is 358 g/mol. The normalized spacial score (nSPS) is 11.0. The fourth-order valence-corrected chi connectivity index (χ4v) is 3.67. The van der Waals surface area contributed by atoms with Gasteiger partial charge in [-0.25, -0.2) is 4.39 Å². The van der Waals surface area contributed by atoms with E-state index in [1.807, 2.05) is 18.2 Å². The number of para-hydroxylation sites is 1. The summed E-state index contributed by atoms with van der Waals surface area (Å²) < 4.78 is 18.0. The summed E-state index contributed by atoms with van der Waals surface area (Å²) in [5.74, 6) is 0.349. The van der Waals surface area contributed by atoms with E-state index < -0.39 is 0 Å². The lowest BCUT2D eigenvalue weighted by atomic mass is 10.1. The molecule has 0 bridgehead atoms. The van der Waals surface area contributed by atoms with Crippen molar-refractivity contribution in [1.82, 2.24) is 10.3 Å². The average molecular weight is 358 g/mol. The number of aromatic amines is 1. The van der Waals surface area contributed by atoms with Gasteiger partial charge in [0.25, 0.3) is 0 Å². The lowest BCUT2D eigenvalue weighted by Gasteiger charge is -2.07. The number of benzene rings is 2. The van der Waals surface area contributed by atoms with E-state index in [2.05, 4.69) is 16.4 Å². The molecule has 3 aromatic rings. The Balaban J connectivity index is 1.81. The molecule has 1 heterocycles.